The maximum absolute atomic E-state index is 12.2. The van der Waals surface area contributed by atoms with Crippen LogP contribution in [-0.2, 0) is 4.79 Å². The first kappa shape index (κ1) is 19.3. The number of fused-ring (bicyclic) bond motifs is 1. The third-order valence-electron chi connectivity index (χ3n) is 4.21. The summed E-state index contributed by atoms with van der Waals surface area (Å²) in [5.41, 5.74) is 3.13. The molecular formula is C21H14ClN5O3. The summed E-state index contributed by atoms with van der Waals surface area (Å²) in [6, 6.07) is 18.4. The fourth-order valence-corrected chi connectivity index (χ4v) is 2.91. The number of halogens is 1. The molecule has 30 heavy (non-hydrogen) atoms. The third-order valence-corrected chi connectivity index (χ3v) is 4.47. The molecule has 3 aromatic carbocycles. The van der Waals surface area contributed by atoms with Gasteiger partial charge in [-0.15, -0.1) is 10.2 Å². The smallest absolute Gasteiger partial charge is 0.270 e. The van der Waals surface area contributed by atoms with Crippen molar-refractivity contribution in [3.63, 3.8) is 0 Å². The molecule has 0 bridgehead atoms. The maximum atomic E-state index is 12.2. The van der Waals surface area contributed by atoms with Gasteiger partial charge >= 0.3 is 0 Å². The highest BCUT2D eigenvalue weighted by molar-refractivity contribution is 6.30. The first-order valence-electron chi connectivity index (χ1n) is 8.84. The Morgan fingerprint density at radius 2 is 1.80 bits per heavy atom. The van der Waals surface area contributed by atoms with E-state index in [4.69, 9.17) is 11.6 Å². The highest BCUT2D eigenvalue weighted by atomic mass is 35.5. The van der Waals surface area contributed by atoms with Crippen molar-refractivity contribution in [1.29, 1.82) is 0 Å². The molecule has 0 spiro atoms. The molecule has 1 heterocycles. The van der Waals surface area contributed by atoms with E-state index in [1.54, 1.807) is 42.5 Å². The Kier molecular flexibility index (Phi) is 5.23. The summed E-state index contributed by atoms with van der Waals surface area (Å²) in [5.74, 6) is -0.369. The molecule has 0 aliphatic rings. The summed E-state index contributed by atoms with van der Waals surface area (Å²) in [6.07, 6.45) is 2.82. The number of nitro benzene ring substituents is 1. The van der Waals surface area contributed by atoms with E-state index in [9.17, 15) is 14.9 Å². The zero-order chi connectivity index (χ0) is 21.1. The zero-order valence-electron chi connectivity index (χ0n) is 15.4. The molecule has 0 saturated heterocycles. The molecule has 0 aliphatic heterocycles. The second-order valence-electron chi connectivity index (χ2n) is 6.34. The molecule has 148 valence electrons. The van der Waals surface area contributed by atoms with Gasteiger partial charge in [0.25, 0.3) is 5.69 Å². The lowest BCUT2D eigenvalue weighted by molar-refractivity contribution is -0.384. The Hall–Kier alpha value is -4.04. The molecule has 8 nitrogen and oxygen atoms in total. The molecule has 1 amide bonds. The molecule has 0 aliphatic carbocycles. The van der Waals surface area contributed by atoms with Gasteiger partial charge in [0.2, 0.25) is 5.91 Å². The van der Waals surface area contributed by atoms with E-state index >= 15 is 0 Å². The van der Waals surface area contributed by atoms with Crippen LogP contribution in [0, 0.1) is 10.1 Å². The number of hydrogen-bond donors (Lipinski definition) is 1. The van der Waals surface area contributed by atoms with Gasteiger partial charge < -0.3 is 5.32 Å². The number of hydrogen-bond acceptors (Lipinski definition) is 5. The van der Waals surface area contributed by atoms with E-state index in [1.807, 2.05) is 12.1 Å². The Bertz CT molecular complexity index is 1280. The van der Waals surface area contributed by atoms with Crippen LogP contribution in [0.1, 0.15) is 5.56 Å². The van der Waals surface area contributed by atoms with Crippen molar-refractivity contribution < 1.29 is 9.72 Å². The van der Waals surface area contributed by atoms with Gasteiger partial charge in [-0.3, -0.25) is 14.9 Å². The van der Waals surface area contributed by atoms with E-state index in [0.717, 1.165) is 5.69 Å². The van der Waals surface area contributed by atoms with Crippen molar-refractivity contribution in [2.45, 2.75) is 0 Å². The lowest BCUT2D eigenvalue weighted by atomic mass is 10.2. The summed E-state index contributed by atoms with van der Waals surface area (Å²) < 4.78 is 0. The predicted molar refractivity (Wildman–Crippen MR) is 115 cm³/mol. The van der Waals surface area contributed by atoms with Crippen molar-refractivity contribution in [3.05, 3.63) is 93.5 Å². The molecule has 4 aromatic rings. The lowest BCUT2D eigenvalue weighted by Crippen LogP contribution is -2.07. The number of carbonyl (C=O) groups excluding carboxylic acids is 1. The van der Waals surface area contributed by atoms with Gasteiger partial charge in [0, 0.05) is 28.9 Å². The second-order valence-corrected chi connectivity index (χ2v) is 6.78. The number of aromatic nitrogens is 3. The molecule has 0 saturated carbocycles. The molecule has 1 N–H and O–H groups in total. The van der Waals surface area contributed by atoms with Crippen LogP contribution in [0.3, 0.4) is 0 Å². The largest absolute Gasteiger partial charge is 0.322 e. The van der Waals surface area contributed by atoms with Gasteiger partial charge in [0.05, 0.1) is 10.6 Å². The van der Waals surface area contributed by atoms with Crippen molar-refractivity contribution in [1.82, 2.24) is 15.0 Å². The van der Waals surface area contributed by atoms with Crippen molar-refractivity contribution >= 4 is 46.0 Å². The van der Waals surface area contributed by atoms with Gasteiger partial charge in [-0.25, -0.2) is 0 Å². The molecule has 0 atom stereocenters. The molecule has 9 heteroatoms. The van der Waals surface area contributed by atoms with Crippen LogP contribution in [0.4, 0.5) is 11.4 Å². The molecule has 1 aromatic heterocycles. The Labute approximate surface area is 175 Å². The summed E-state index contributed by atoms with van der Waals surface area (Å²) in [4.78, 5) is 24.1. The minimum Gasteiger partial charge on any atom is -0.322 e. The van der Waals surface area contributed by atoms with E-state index < -0.39 is 4.92 Å². The highest BCUT2D eigenvalue weighted by Crippen LogP contribution is 2.19. The first-order chi connectivity index (χ1) is 14.5. The normalized spacial score (nSPS) is 11.1. The van der Waals surface area contributed by atoms with Crippen LogP contribution in [0.15, 0.2) is 72.8 Å². The van der Waals surface area contributed by atoms with Crippen LogP contribution in [0.2, 0.25) is 5.02 Å². The molecular weight excluding hydrogens is 406 g/mol. The van der Waals surface area contributed by atoms with E-state index in [-0.39, 0.29) is 11.6 Å². The number of amides is 1. The standard InChI is InChI=1S/C21H14ClN5O3/c22-15-5-8-17(9-6-15)26-24-19-10-7-16(13-20(19)25-26)23-21(28)11-4-14-2-1-3-18(12-14)27(29)30/h1-13H,(H,23,28). The Morgan fingerprint density at radius 3 is 2.57 bits per heavy atom. The number of nitrogens with zero attached hydrogens (tertiary/aromatic N) is 4. The van der Waals surface area contributed by atoms with Crippen LogP contribution in [-0.4, -0.2) is 25.8 Å². The fraction of sp³-hybridized carbons (Fsp3) is 0. The van der Waals surface area contributed by atoms with Crippen LogP contribution in [0.25, 0.3) is 22.8 Å². The summed E-state index contributed by atoms with van der Waals surface area (Å²) in [6.45, 7) is 0. The highest BCUT2D eigenvalue weighted by Gasteiger charge is 2.08. The van der Waals surface area contributed by atoms with Gasteiger partial charge in [-0.2, -0.15) is 4.80 Å². The number of nitrogens with one attached hydrogen (secondary N) is 1. The van der Waals surface area contributed by atoms with Crippen LogP contribution < -0.4 is 5.32 Å². The lowest BCUT2D eigenvalue weighted by Gasteiger charge is -2.01. The zero-order valence-corrected chi connectivity index (χ0v) is 16.2. The van der Waals surface area contributed by atoms with E-state index in [0.29, 0.717) is 27.3 Å². The van der Waals surface area contributed by atoms with Gasteiger partial charge in [-0.1, -0.05) is 23.7 Å². The monoisotopic (exact) mass is 419 g/mol. The summed E-state index contributed by atoms with van der Waals surface area (Å²) >= 11 is 5.91. The number of rotatable bonds is 5. The number of carbonyl (C=O) groups is 1. The minimum atomic E-state index is -0.482. The molecule has 4 rings (SSSR count). The van der Waals surface area contributed by atoms with Gasteiger partial charge in [0.15, 0.2) is 0 Å². The number of nitro groups is 1. The molecule has 0 unspecified atom stereocenters. The average molecular weight is 420 g/mol. The average Bonchev–Trinajstić information content (AvgIpc) is 3.16. The summed E-state index contributed by atoms with van der Waals surface area (Å²) in [5, 5.41) is 23.0. The number of anilines is 1. The van der Waals surface area contributed by atoms with Crippen molar-refractivity contribution in [2.24, 2.45) is 0 Å². The first-order valence-corrected chi connectivity index (χ1v) is 9.22. The van der Waals surface area contributed by atoms with Crippen LogP contribution >= 0.6 is 11.6 Å². The number of benzene rings is 3. The minimum absolute atomic E-state index is 0.0354. The Balaban J connectivity index is 1.49. The van der Waals surface area contributed by atoms with E-state index in [2.05, 4.69) is 15.5 Å². The molecule has 0 radical (unpaired) electrons. The second kappa shape index (κ2) is 8.14. The maximum Gasteiger partial charge on any atom is 0.270 e. The van der Waals surface area contributed by atoms with E-state index in [1.165, 1.54) is 29.1 Å². The third kappa shape index (κ3) is 4.34. The SMILES string of the molecule is O=C(C=Cc1cccc([N+](=O)[O-])c1)Nc1ccc2nn(-c3ccc(Cl)cc3)nc2c1. The van der Waals surface area contributed by atoms with Crippen LogP contribution in [0.5, 0.6) is 0 Å². The van der Waals surface area contributed by atoms with Gasteiger partial charge in [-0.05, 0) is 54.1 Å². The Morgan fingerprint density at radius 1 is 1.03 bits per heavy atom. The topological polar surface area (TPSA) is 103 Å². The van der Waals surface area contributed by atoms with Crippen molar-refractivity contribution in [3.8, 4) is 5.69 Å². The van der Waals surface area contributed by atoms with Gasteiger partial charge in [0.1, 0.15) is 11.0 Å². The molecule has 0 fully saturated rings. The quantitative estimate of drug-likeness (QED) is 0.288. The predicted octanol–water partition coefficient (Wildman–Crippen LogP) is 4.63. The van der Waals surface area contributed by atoms with Crippen molar-refractivity contribution in [2.75, 3.05) is 5.32 Å². The number of non-ortho nitro benzene ring substituents is 1. The summed E-state index contributed by atoms with van der Waals surface area (Å²) in [7, 11) is 0. The fourth-order valence-electron chi connectivity index (χ4n) is 2.78.